The highest BCUT2D eigenvalue weighted by Gasteiger charge is 2.20. The van der Waals surface area contributed by atoms with Gasteiger partial charge in [0.1, 0.15) is 5.58 Å². The molecular weight excluding hydrogens is 388 g/mol. The fraction of sp³-hybridized carbons (Fsp3) is 0.167. The lowest BCUT2D eigenvalue weighted by Crippen LogP contribution is -2.26. The fourth-order valence-electron chi connectivity index (χ4n) is 2.81. The van der Waals surface area contributed by atoms with Crippen molar-refractivity contribution in [3.05, 3.63) is 69.5 Å². The number of sulfonamides is 1. The zero-order valence-electron chi connectivity index (χ0n) is 14.7. The number of nitrogens with zero attached hydrogens (tertiary/aromatic N) is 1. The van der Waals surface area contributed by atoms with Crippen LogP contribution in [0.25, 0.3) is 11.0 Å². The predicted octanol–water partition coefficient (Wildman–Crippen LogP) is 2.87. The van der Waals surface area contributed by atoms with Gasteiger partial charge in [0, 0.05) is 29.6 Å². The number of nitro groups is 1. The third-order valence-electron chi connectivity index (χ3n) is 4.24. The van der Waals surface area contributed by atoms with Gasteiger partial charge >= 0.3 is 5.97 Å². The minimum atomic E-state index is -3.85. The van der Waals surface area contributed by atoms with Gasteiger partial charge < -0.3 is 9.52 Å². The van der Waals surface area contributed by atoms with Crippen LogP contribution in [-0.2, 0) is 16.4 Å². The van der Waals surface area contributed by atoms with Crippen molar-refractivity contribution >= 4 is 32.6 Å². The van der Waals surface area contributed by atoms with E-state index < -0.39 is 20.9 Å². The van der Waals surface area contributed by atoms with Gasteiger partial charge in [-0.25, -0.2) is 17.9 Å². The van der Waals surface area contributed by atoms with E-state index in [0.717, 1.165) is 0 Å². The molecule has 0 unspecified atom stereocenters. The lowest BCUT2D eigenvalue weighted by Gasteiger charge is -2.07. The standard InChI is InChI=1S/C18H16N2O7S/c1-11-15-10-14(5-6-16(15)27-17(11)18(21)22)28(25,26)19-8-7-12-3-2-4-13(9-12)20(23)24/h2-6,9-10,19H,7-8H2,1H3,(H,21,22). The van der Waals surface area contributed by atoms with Crippen molar-refractivity contribution in [2.75, 3.05) is 6.54 Å². The van der Waals surface area contributed by atoms with Crippen LogP contribution in [0.15, 0.2) is 51.8 Å². The van der Waals surface area contributed by atoms with Crippen molar-refractivity contribution in [2.45, 2.75) is 18.2 Å². The molecule has 1 aromatic heterocycles. The number of hydrogen-bond acceptors (Lipinski definition) is 6. The fourth-order valence-corrected chi connectivity index (χ4v) is 3.87. The number of carboxylic acid groups (broad SMARTS) is 1. The van der Waals surface area contributed by atoms with E-state index in [1.165, 1.54) is 36.4 Å². The first kappa shape index (κ1) is 19.5. The van der Waals surface area contributed by atoms with Gasteiger partial charge in [0.25, 0.3) is 5.69 Å². The first-order valence-electron chi connectivity index (χ1n) is 8.18. The summed E-state index contributed by atoms with van der Waals surface area (Å²) in [5.74, 6) is -1.46. The molecule has 0 aliphatic heterocycles. The van der Waals surface area contributed by atoms with E-state index in [1.807, 2.05) is 0 Å². The smallest absolute Gasteiger partial charge is 0.372 e. The average Bonchev–Trinajstić information content (AvgIpc) is 2.98. The third-order valence-corrected chi connectivity index (χ3v) is 5.70. The molecule has 2 N–H and O–H groups in total. The molecule has 0 bridgehead atoms. The molecular formula is C18H16N2O7S. The number of aromatic carboxylic acids is 1. The van der Waals surface area contributed by atoms with E-state index in [1.54, 1.807) is 13.0 Å². The van der Waals surface area contributed by atoms with Gasteiger partial charge in [-0.15, -0.1) is 0 Å². The van der Waals surface area contributed by atoms with E-state index in [9.17, 15) is 23.3 Å². The molecule has 1 heterocycles. The first-order chi connectivity index (χ1) is 13.2. The van der Waals surface area contributed by atoms with Crippen molar-refractivity contribution in [2.24, 2.45) is 0 Å². The number of fused-ring (bicyclic) bond motifs is 1. The van der Waals surface area contributed by atoms with Crippen molar-refractivity contribution in [3.8, 4) is 0 Å². The monoisotopic (exact) mass is 404 g/mol. The van der Waals surface area contributed by atoms with Crippen molar-refractivity contribution in [1.82, 2.24) is 4.72 Å². The van der Waals surface area contributed by atoms with E-state index in [-0.39, 0.29) is 34.9 Å². The Hall–Kier alpha value is -3.24. The molecule has 3 rings (SSSR count). The van der Waals surface area contributed by atoms with Gasteiger partial charge in [-0.2, -0.15) is 0 Å². The minimum absolute atomic E-state index is 0.0279. The molecule has 0 radical (unpaired) electrons. The van der Waals surface area contributed by atoms with Crippen LogP contribution in [0.4, 0.5) is 5.69 Å². The highest BCUT2D eigenvalue weighted by Crippen LogP contribution is 2.27. The Morgan fingerprint density at radius 3 is 2.68 bits per heavy atom. The lowest BCUT2D eigenvalue weighted by molar-refractivity contribution is -0.384. The predicted molar refractivity (Wildman–Crippen MR) is 99.9 cm³/mol. The molecule has 0 spiro atoms. The molecule has 0 aliphatic rings. The maximum Gasteiger partial charge on any atom is 0.372 e. The molecule has 0 saturated carbocycles. The number of rotatable bonds is 7. The van der Waals surface area contributed by atoms with Crippen LogP contribution in [0.2, 0.25) is 0 Å². The SMILES string of the molecule is Cc1c(C(=O)O)oc2ccc(S(=O)(=O)NCCc3cccc([N+](=O)[O-])c3)cc12. The van der Waals surface area contributed by atoms with Gasteiger partial charge in [0.05, 0.1) is 9.82 Å². The summed E-state index contributed by atoms with van der Waals surface area (Å²) in [7, 11) is -3.85. The van der Waals surface area contributed by atoms with E-state index in [4.69, 9.17) is 9.52 Å². The van der Waals surface area contributed by atoms with Crippen LogP contribution < -0.4 is 4.72 Å². The summed E-state index contributed by atoms with van der Waals surface area (Å²) in [6, 6.07) is 10.1. The minimum Gasteiger partial charge on any atom is -0.475 e. The summed E-state index contributed by atoms with van der Waals surface area (Å²) in [4.78, 5) is 21.4. The number of nitro benzene ring substituents is 1. The second-order valence-electron chi connectivity index (χ2n) is 6.09. The Morgan fingerprint density at radius 2 is 2.00 bits per heavy atom. The molecule has 10 heteroatoms. The largest absolute Gasteiger partial charge is 0.475 e. The van der Waals surface area contributed by atoms with Crippen LogP contribution >= 0.6 is 0 Å². The van der Waals surface area contributed by atoms with Gasteiger partial charge in [0.15, 0.2) is 0 Å². The Balaban J connectivity index is 1.77. The number of carbonyl (C=O) groups is 1. The Kier molecular flexibility index (Phi) is 5.16. The normalized spacial score (nSPS) is 11.6. The Labute approximate surface area is 159 Å². The number of aryl methyl sites for hydroxylation is 1. The van der Waals surface area contributed by atoms with Gasteiger partial charge in [-0.3, -0.25) is 10.1 Å². The maximum atomic E-state index is 12.5. The quantitative estimate of drug-likeness (QED) is 0.456. The molecule has 0 amide bonds. The van der Waals surface area contributed by atoms with Crippen LogP contribution in [0.5, 0.6) is 0 Å². The summed E-state index contributed by atoms with van der Waals surface area (Å²) < 4.78 is 32.7. The molecule has 9 nitrogen and oxygen atoms in total. The summed E-state index contributed by atoms with van der Waals surface area (Å²) in [5, 5.41) is 20.3. The zero-order valence-corrected chi connectivity index (χ0v) is 15.5. The summed E-state index contributed by atoms with van der Waals surface area (Å²) in [6.07, 6.45) is 0.275. The zero-order chi connectivity index (χ0) is 20.5. The number of carboxylic acids is 1. The summed E-state index contributed by atoms with van der Waals surface area (Å²) >= 11 is 0. The highest BCUT2D eigenvalue weighted by molar-refractivity contribution is 7.89. The average molecular weight is 404 g/mol. The molecule has 0 saturated heterocycles. The number of furan rings is 1. The number of benzene rings is 2. The number of hydrogen-bond donors (Lipinski definition) is 2. The van der Waals surface area contributed by atoms with Crippen LogP contribution in [0, 0.1) is 17.0 Å². The van der Waals surface area contributed by atoms with E-state index >= 15 is 0 Å². The molecule has 0 atom stereocenters. The topological polar surface area (TPSA) is 140 Å². The summed E-state index contributed by atoms with van der Waals surface area (Å²) in [5.41, 5.74) is 1.20. The van der Waals surface area contributed by atoms with Crippen LogP contribution in [0.3, 0.4) is 0 Å². The number of nitrogens with one attached hydrogen (secondary N) is 1. The van der Waals surface area contributed by atoms with Crippen molar-refractivity contribution in [1.29, 1.82) is 0 Å². The third kappa shape index (κ3) is 3.87. The van der Waals surface area contributed by atoms with Gasteiger partial charge in [-0.1, -0.05) is 12.1 Å². The maximum absolute atomic E-state index is 12.5. The Bertz CT molecular complexity index is 1180. The first-order valence-corrected chi connectivity index (χ1v) is 9.67. The van der Waals surface area contributed by atoms with Crippen molar-refractivity contribution in [3.63, 3.8) is 0 Å². The van der Waals surface area contributed by atoms with Gasteiger partial charge in [-0.05, 0) is 37.1 Å². The second kappa shape index (κ2) is 7.41. The van der Waals surface area contributed by atoms with Crippen LogP contribution in [0.1, 0.15) is 21.7 Å². The molecule has 0 fully saturated rings. The Morgan fingerprint density at radius 1 is 1.25 bits per heavy atom. The number of non-ortho nitro benzene ring substituents is 1. The second-order valence-corrected chi connectivity index (χ2v) is 7.86. The lowest BCUT2D eigenvalue weighted by atomic mass is 10.1. The highest BCUT2D eigenvalue weighted by atomic mass is 32.2. The van der Waals surface area contributed by atoms with E-state index in [2.05, 4.69) is 4.72 Å². The molecule has 146 valence electrons. The van der Waals surface area contributed by atoms with E-state index in [0.29, 0.717) is 16.5 Å². The molecule has 2 aromatic carbocycles. The molecule has 28 heavy (non-hydrogen) atoms. The van der Waals surface area contributed by atoms with Crippen LogP contribution in [-0.4, -0.2) is 31.0 Å². The summed E-state index contributed by atoms with van der Waals surface area (Å²) in [6.45, 7) is 1.59. The van der Waals surface area contributed by atoms with Crippen molar-refractivity contribution < 1.29 is 27.7 Å². The van der Waals surface area contributed by atoms with Gasteiger partial charge in [0.2, 0.25) is 15.8 Å². The molecule has 3 aromatic rings. The molecule has 0 aliphatic carbocycles.